The first-order chi connectivity index (χ1) is 9.08. The van der Waals surface area contributed by atoms with E-state index in [-0.39, 0.29) is 11.6 Å². The van der Waals surface area contributed by atoms with Crippen LogP contribution in [0, 0.1) is 5.92 Å². The predicted molar refractivity (Wildman–Crippen MR) is 81.0 cm³/mol. The van der Waals surface area contributed by atoms with Gasteiger partial charge in [0.25, 0.3) is 0 Å². The van der Waals surface area contributed by atoms with Crippen molar-refractivity contribution in [2.24, 2.45) is 11.8 Å². The molecule has 0 spiro atoms. The van der Waals surface area contributed by atoms with Gasteiger partial charge in [-0.3, -0.25) is 16.3 Å². The van der Waals surface area contributed by atoms with E-state index in [9.17, 15) is 0 Å². The molecule has 1 heterocycles. The Morgan fingerprint density at radius 3 is 2.95 bits per heavy atom. The molecule has 0 amide bonds. The Morgan fingerprint density at radius 2 is 2.42 bits per heavy atom. The van der Waals surface area contributed by atoms with E-state index in [0.29, 0.717) is 0 Å². The summed E-state index contributed by atoms with van der Waals surface area (Å²) in [4.78, 5) is 7.86. The van der Waals surface area contributed by atoms with Gasteiger partial charge in [-0.05, 0) is 32.9 Å². The average Bonchev–Trinajstić information content (AvgIpc) is 2.88. The van der Waals surface area contributed by atoms with Crippen LogP contribution in [0.3, 0.4) is 0 Å². The van der Waals surface area contributed by atoms with Crippen molar-refractivity contribution >= 4 is 11.3 Å². The molecule has 0 aliphatic heterocycles. The van der Waals surface area contributed by atoms with Crippen LogP contribution in [0.1, 0.15) is 37.5 Å². The Hall–Kier alpha value is -0.490. The van der Waals surface area contributed by atoms with Gasteiger partial charge in [0.05, 0.1) is 5.51 Å². The second-order valence-electron chi connectivity index (χ2n) is 6.09. The topological polar surface area (TPSA) is 54.2 Å². The number of hydrazine groups is 1. The highest BCUT2D eigenvalue weighted by atomic mass is 32.1. The molecule has 1 saturated carbocycles. The van der Waals surface area contributed by atoms with E-state index in [0.717, 1.165) is 12.3 Å². The molecule has 3 unspecified atom stereocenters. The number of hydrogen-bond acceptors (Lipinski definition) is 5. The Balaban J connectivity index is 2.20. The average molecular weight is 282 g/mol. The maximum atomic E-state index is 5.90. The smallest absolute Gasteiger partial charge is 0.0794 e. The van der Waals surface area contributed by atoms with Crippen molar-refractivity contribution in [3.63, 3.8) is 0 Å². The summed E-state index contributed by atoms with van der Waals surface area (Å²) in [5.74, 6) is 6.67. The van der Waals surface area contributed by atoms with Crippen molar-refractivity contribution in [2.45, 2.75) is 50.6 Å². The minimum Gasteiger partial charge on any atom is -0.302 e. The maximum absolute atomic E-state index is 5.90. The second kappa shape index (κ2) is 6.31. The van der Waals surface area contributed by atoms with Crippen LogP contribution in [0.15, 0.2) is 11.7 Å². The molecule has 1 aromatic heterocycles. The van der Waals surface area contributed by atoms with Gasteiger partial charge in [-0.15, -0.1) is 11.3 Å². The number of nitrogens with zero attached hydrogens (tertiary/aromatic N) is 2. The van der Waals surface area contributed by atoms with E-state index in [1.54, 1.807) is 11.3 Å². The third-order valence-corrected chi connectivity index (χ3v) is 5.44. The van der Waals surface area contributed by atoms with Crippen molar-refractivity contribution in [1.82, 2.24) is 15.3 Å². The Kier molecular flexibility index (Phi) is 4.95. The number of nitrogens with two attached hydrogens (primary N) is 1. The van der Waals surface area contributed by atoms with Crippen LogP contribution in [-0.2, 0) is 6.42 Å². The van der Waals surface area contributed by atoms with Crippen LogP contribution in [0.2, 0.25) is 0 Å². The molecule has 1 aliphatic rings. The first kappa shape index (κ1) is 14.9. The standard InChI is InChI=1S/C14H26N4S/c1-11-5-4-6-14(8-11,18(2)3)13(17-15)7-12-9-16-10-19-12/h9-11,13,17H,4-8,15H2,1-3H3. The highest BCUT2D eigenvalue weighted by Crippen LogP contribution is 2.39. The van der Waals surface area contributed by atoms with Gasteiger partial charge in [-0.1, -0.05) is 19.8 Å². The highest BCUT2D eigenvalue weighted by Gasteiger charge is 2.43. The van der Waals surface area contributed by atoms with E-state index in [2.05, 4.69) is 36.3 Å². The number of aromatic nitrogens is 1. The molecule has 2 rings (SSSR count). The molecular formula is C14H26N4S. The summed E-state index contributed by atoms with van der Waals surface area (Å²) in [6.45, 7) is 2.36. The largest absolute Gasteiger partial charge is 0.302 e. The van der Waals surface area contributed by atoms with Crippen molar-refractivity contribution in [3.05, 3.63) is 16.6 Å². The summed E-state index contributed by atoms with van der Waals surface area (Å²) in [5.41, 5.74) is 5.15. The monoisotopic (exact) mass is 282 g/mol. The fraction of sp³-hybridized carbons (Fsp3) is 0.786. The molecule has 0 aromatic carbocycles. The predicted octanol–water partition coefficient (Wildman–Crippen LogP) is 2.03. The van der Waals surface area contributed by atoms with Crippen molar-refractivity contribution in [3.8, 4) is 0 Å². The summed E-state index contributed by atoms with van der Waals surface area (Å²) >= 11 is 1.72. The van der Waals surface area contributed by atoms with Crippen molar-refractivity contribution in [2.75, 3.05) is 14.1 Å². The molecule has 19 heavy (non-hydrogen) atoms. The zero-order chi connectivity index (χ0) is 13.9. The second-order valence-corrected chi connectivity index (χ2v) is 7.06. The Labute approximate surface area is 120 Å². The molecule has 0 bridgehead atoms. The maximum Gasteiger partial charge on any atom is 0.0794 e. The van der Waals surface area contributed by atoms with Crippen LogP contribution in [0.25, 0.3) is 0 Å². The summed E-state index contributed by atoms with van der Waals surface area (Å²) in [5, 5.41) is 0. The third-order valence-electron chi connectivity index (χ3n) is 4.64. The lowest BCUT2D eigenvalue weighted by Gasteiger charge is -2.50. The summed E-state index contributed by atoms with van der Waals surface area (Å²) in [6, 6.07) is 0.283. The van der Waals surface area contributed by atoms with Gasteiger partial charge in [0.15, 0.2) is 0 Å². The van der Waals surface area contributed by atoms with E-state index >= 15 is 0 Å². The number of thiazole rings is 1. The Bertz CT molecular complexity index is 379. The van der Waals surface area contributed by atoms with Crippen LogP contribution in [0.4, 0.5) is 0 Å². The van der Waals surface area contributed by atoms with Crippen LogP contribution in [0.5, 0.6) is 0 Å². The van der Waals surface area contributed by atoms with Gasteiger partial charge in [0.2, 0.25) is 0 Å². The van der Waals surface area contributed by atoms with E-state index in [4.69, 9.17) is 5.84 Å². The number of likely N-dealkylation sites (N-methyl/N-ethyl adjacent to an activating group) is 1. The minimum atomic E-state index is 0.163. The quantitative estimate of drug-likeness (QED) is 0.641. The highest BCUT2D eigenvalue weighted by molar-refractivity contribution is 7.09. The van der Waals surface area contributed by atoms with Gasteiger partial charge in [-0.25, -0.2) is 0 Å². The lowest BCUT2D eigenvalue weighted by atomic mass is 9.70. The van der Waals surface area contributed by atoms with Crippen LogP contribution < -0.4 is 11.3 Å². The molecule has 1 fully saturated rings. The van der Waals surface area contributed by atoms with Gasteiger partial charge in [-0.2, -0.15) is 0 Å². The molecule has 5 heteroatoms. The SMILES string of the molecule is CC1CCCC(C(Cc2cncs2)NN)(N(C)C)C1. The van der Waals surface area contributed by atoms with Crippen LogP contribution >= 0.6 is 11.3 Å². The molecule has 0 saturated heterocycles. The van der Waals surface area contributed by atoms with E-state index < -0.39 is 0 Å². The number of hydrogen-bond donors (Lipinski definition) is 2. The molecule has 1 aromatic rings. The summed E-state index contributed by atoms with van der Waals surface area (Å²) in [7, 11) is 4.38. The Morgan fingerprint density at radius 1 is 1.63 bits per heavy atom. The zero-order valence-corrected chi connectivity index (χ0v) is 13.0. The van der Waals surface area contributed by atoms with E-state index in [1.165, 1.54) is 30.6 Å². The van der Waals surface area contributed by atoms with Gasteiger partial charge >= 0.3 is 0 Å². The molecular weight excluding hydrogens is 256 g/mol. The van der Waals surface area contributed by atoms with Crippen molar-refractivity contribution in [1.29, 1.82) is 0 Å². The van der Waals surface area contributed by atoms with Crippen molar-refractivity contribution < 1.29 is 0 Å². The summed E-state index contributed by atoms with van der Waals surface area (Å²) < 4.78 is 0. The molecule has 1 aliphatic carbocycles. The fourth-order valence-electron chi connectivity index (χ4n) is 3.55. The van der Waals surface area contributed by atoms with Gasteiger partial charge in [0.1, 0.15) is 0 Å². The molecule has 3 atom stereocenters. The number of rotatable bonds is 5. The first-order valence-corrected chi connectivity index (χ1v) is 7.97. The fourth-order valence-corrected chi connectivity index (χ4v) is 4.19. The normalized spacial score (nSPS) is 29.6. The zero-order valence-electron chi connectivity index (χ0n) is 12.2. The lowest BCUT2D eigenvalue weighted by molar-refractivity contribution is 0.0375. The van der Waals surface area contributed by atoms with Gasteiger partial charge < -0.3 is 4.90 Å². The van der Waals surface area contributed by atoms with Gasteiger partial charge in [0, 0.05) is 29.1 Å². The molecule has 0 radical (unpaired) electrons. The number of nitrogens with one attached hydrogen (secondary N) is 1. The minimum absolute atomic E-state index is 0.163. The molecule has 108 valence electrons. The lowest BCUT2D eigenvalue weighted by Crippen LogP contribution is -2.63. The molecule has 3 N–H and O–H groups in total. The van der Waals surface area contributed by atoms with E-state index in [1.807, 2.05) is 11.7 Å². The molecule has 4 nitrogen and oxygen atoms in total. The third kappa shape index (κ3) is 3.16. The summed E-state index contributed by atoms with van der Waals surface area (Å²) in [6.07, 6.45) is 8.00. The van der Waals surface area contributed by atoms with Crippen LogP contribution in [-0.4, -0.2) is 35.6 Å². The first-order valence-electron chi connectivity index (χ1n) is 7.09.